The van der Waals surface area contributed by atoms with Crippen LogP contribution in [0.3, 0.4) is 0 Å². The number of para-hydroxylation sites is 1. The van der Waals surface area contributed by atoms with Crippen molar-refractivity contribution in [3.05, 3.63) is 74.7 Å². The van der Waals surface area contributed by atoms with E-state index in [1.165, 1.54) is 0 Å². The Balaban J connectivity index is 1.72. The maximum absolute atomic E-state index is 12.5. The summed E-state index contributed by atoms with van der Waals surface area (Å²) in [6.07, 6.45) is 3.56. The van der Waals surface area contributed by atoms with Crippen molar-refractivity contribution in [2.24, 2.45) is 5.73 Å². The topological polar surface area (TPSA) is 85.4 Å². The number of aromatic nitrogens is 1. The normalized spacial score (nSPS) is 15.5. The van der Waals surface area contributed by atoms with Crippen molar-refractivity contribution >= 4 is 69.0 Å². The second-order valence-corrected chi connectivity index (χ2v) is 8.54. The third-order valence-electron chi connectivity index (χ3n) is 4.65. The number of rotatable bonds is 5. The number of carbonyl (C=O) groups excluding carboxylic acids is 3. The number of nitrogens with two attached hydrogens (primary N) is 1. The summed E-state index contributed by atoms with van der Waals surface area (Å²) in [5, 5.41) is 1.54. The zero-order valence-corrected chi connectivity index (χ0v) is 17.8. The van der Waals surface area contributed by atoms with Gasteiger partial charge in [0.25, 0.3) is 11.1 Å². The molecule has 152 valence electrons. The van der Waals surface area contributed by atoms with Gasteiger partial charge < -0.3 is 10.3 Å². The number of fused-ring (bicyclic) bond motifs is 1. The minimum atomic E-state index is -0.741. The average molecular weight is 460 g/mol. The summed E-state index contributed by atoms with van der Waals surface area (Å²) in [4.78, 5) is 36.9. The number of carbonyl (C=O) groups is 3. The van der Waals surface area contributed by atoms with Gasteiger partial charge in [-0.3, -0.25) is 19.3 Å². The molecule has 1 aromatic heterocycles. The first-order valence-electron chi connectivity index (χ1n) is 8.89. The van der Waals surface area contributed by atoms with Gasteiger partial charge in [-0.05, 0) is 41.6 Å². The van der Waals surface area contributed by atoms with Crippen LogP contribution < -0.4 is 5.73 Å². The van der Waals surface area contributed by atoms with E-state index in [9.17, 15) is 14.4 Å². The fraction of sp³-hybridized carbons (Fsp3) is 0.0952. The second kappa shape index (κ2) is 8.18. The molecule has 1 saturated heterocycles. The summed E-state index contributed by atoms with van der Waals surface area (Å²) in [5.74, 6) is -1.27. The van der Waals surface area contributed by atoms with E-state index in [2.05, 4.69) is 0 Å². The first-order chi connectivity index (χ1) is 14.3. The van der Waals surface area contributed by atoms with E-state index in [0.29, 0.717) is 16.6 Å². The number of benzene rings is 2. The minimum absolute atomic E-state index is 0.244. The summed E-state index contributed by atoms with van der Waals surface area (Å²) >= 11 is 13.1. The minimum Gasteiger partial charge on any atom is -0.368 e. The van der Waals surface area contributed by atoms with E-state index in [-0.39, 0.29) is 4.91 Å². The van der Waals surface area contributed by atoms with Gasteiger partial charge in [-0.15, -0.1) is 0 Å². The van der Waals surface area contributed by atoms with Gasteiger partial charge in [0.1, 0.15) is 6.54 Å². The van der Waals surface area contributed by atoms with Crippen LogP contribution in [-0.4, -0.2) is 33.1 Å². The van der Waals surface area contributed by atoms with Crippen LogP contribution in [0.2, 0.25) is 10.0 Å². The molecule has 0 radical (unpaired) electrons. The molecule has 0 bridgehead atoms. The van der Waals surface area contributed by atoms with Crippen LogP contribution in [0, 0.1) is 0 Å². The van der Waals surface area contributed by atoms with Gasteiger partial charge >= 0.3 is 0 Å². The van der Waals surface area contributed by atoms with Crippen LogP contribution in [0.15, 0.2) is 53.6 Å². The molecule has 3 amide bonds. The largest absolute Gasteiger partial charge is 0.368 e. The predicted octanol–water partition coefficient (Wildman–Crippen LogP) is 4.52. The quantitative estimate of drug-likeness (QED) is 0.568. The maximum Gasteiger partial charge on any atom is 0.294 e. The molecular weight excluding hydrogens is 445 g/mol. The zero-order chi connectivity index (χ0) is 21.4. The molecule has 3 aromatic rings. The number of nitrogens with zero attached hydrogens (tertiary/aromatic N) is 2. The van der Waals surface area contributed by atoms with Crippen LogP contribution in [-0.2, 0) is 16.1 Å². The van der Waals surface area contributed by atoms with Crippen LogP contribution in [0.25, 0.3) is 17.0 Å². The molecule has 1 fully saturated rings. The maximum atomic E-state index is 12.5. The van der Waals surface area contributed by atoms with Crippen molar-refractivity contribution in [3.8, 4) is 0 Å². The Morgan fingerprint density at radius 3 is 2.63 bits per heavy atom. The van der Waals surface area contributed by atoms with Crippen molar-refractivity contribution in [2.75, 3.05) is 6.54 Å². The summed E-state index contributed by atoms with van der Waals surface area (Å²) in [6.45, 7) is 0.0757. The van der Waals surface area contributed by atoms with Crippen molar-refractivity contribution in [2.45, 2.75) is 6.54 Å². The number of amides is 3. The first-order valence-corrected chi connectivity index (χ1v) is 10.5. The summed E-state index contributed by atoms with van der Waals surface area (Å²) in [6, 6.07) is 13.1. The van der Waals surface area contributed by atoms with Gasteiger partial charge in [-0.2, -0.15) is 0 Å². The van der Waals surface area contributed by atoms with Crippen LogP contribution >= 0.6 is 35.0 Å². The highest BCUT2D eigenvalue weighted by Gasteiger charge is 2.36. The standard InChI is InChI=1S/C21H15Cl2N3O3S/c22-14-6-5-12(16(23)8-14)9-25-10-13(15-3-1-2-4-17(15)25)7-18-20(28)26(11-19(24)27)21(29)30-18/h1-8,10H,9,11H2,(H2,24,27)/b18-7-. The molecule has 6 nitrogen and oxygen atoms in total. The Bertz CT molecular complexity index is 1240. The Hall–Kier alpha value is -2.74. The van der Waals surface area contributed by atoms with E-state index in [0.717, 1.165) is 38.7 Å². The van der Waals surface area contributed by atoms with Gasteiger partial charge in [-0.25, -0.2) is 0 Å². The Morgan fingerprint density at radius 1 is 1.13 bits per heavy atom. The molecule has 0 aliphatic carbocycles. The van der Waals surface area contributed by atoms with Gasteiger partial charge in [0, 0.05) is 39.3 Å². The van der Waals surface area contributed by atoms with E-state index in [1.807, 2.05) is 41.1 Å². The van der Waals surface area contributed by atoms with E-state index in [1.54, 1.807) is 18.2 Å². The van der Waals surface area contributed by atoms with Crippen molar-refractivity contribution in [1.82, 2.24) is 9.47 Å². The fourth-order valence-electron chi connectivity index (χ4n) is 3.29. The predicted molar refractivity (Wildman–Crippen MR) is 119 cm³/mol. The smallest absolute Gasteiger partial charge is 0.294 e. The molecule has 1 aliphatic heterocycles. The highest BCUT2D eigenvalue weighted by atomic mass is 35.5. The molecule has 0 atom stereocenters. The highest BCUT2D eigenvalue weighted by molar-refractivity contribution is 8.18. The SMILES string of the molecule is NC(=O)CN1C(=O)S/C(=C\c2cn(Cc3ccc(Cl)cc3Cl)c3ccccc23)C1=O. The second-order valence-electron chi connectivity index (χ2n) is 6.70. The Labute approximate surface area is 186 Å². The molecule has 1 aliphatic rings. The van der Waals surface area contributed by atoms with Crippen molar-refractivity contribution < 1.29 is 14.4 Å². The van der Waals surface area contributed by atoms with Crippen LogP contribution in [0.5, 0.6) is 0 Å². The number of thioether (sulfide) groups is 1. The molecule has 2 N–H and O–H groups in total. The monoisotopic (exact) mass is 459 g/mol. The molecular formula is C21H15Cl2N3O3S. The lowest BCUT2D eigenvalue weighted by Crippen LogP contribution is -2.36. The van der Waals surface area contributed by atoms with E-state index >= 15 is 0 Å². The molecule has 30 heavy (non-hydrogen) atoms. The van der Waals surface area contributed by atoms with Gasteiger partial charge in [0.2, 0.25) is 5.91 Å². The molecule has 0 saturated carbocycles. The lowest BCUT2D eigenvalue weighted by molar-refractivity contribution is -0.127. The lowest BCUT2D eigenvalue weighted by atomic mass is 10.1. The van der Waals surface area contributed by atoms with Crippen LogP contribution in [0.4, 0.5) is 4.79 Å². The zero-order valence-electron chi connectivity index (χ0n) is 15.5. The van der Waals surface area contributed by atoms with Crippen LogP contribution in [0.1, 0.15) is 11.1 Å². The van der Waals surface area contributed by atoms with Gasteiger partial charge in [0.15, 0.2) is 0 Å². The van der Waals surface area contributed by atoms with E-state index in [4.69, 9.17) is 28.9 Å². The summed E-state index contributed by atoms with van der Waals surface area (Å²) < 4.78 is 2.02. The Kier molecular flexibility index (Phi) is 5.60. The van der Waals surface area contributed by atoms with Crippen molar-refractivity contribution in [3.63, 3.8) is 0 Å². The summed E-state index contributed by atoms with van der Waals surface area (Å²) in [7, 11) is 0. The highest BCUT2D eigenvalue weighted by Crippen LogP contribution is 2.34. The molecule has 0 spiro atoms. The number of halogens is 2. The number of primary amides is 1. The first kappa shape index (κ1) is 20.5. The number of imide groups is 1. The number of hydrogen-bond acceptors (Lipinski definition) is 4. The molecule has 4 rings (SSSR count). The molecule has 2 aromatic carbocycles. The average Bonchev–Trinajstić information content (AvgIpc) is 3.16. The van der Waals surface area contributed by atoms with Gasteiger partial charge in [-0.1, -0.05) is 47.5 Å². The van der Waals surface area contributed by atoms with Gasteiger partial charge in [0.05, 0.1) is 4.91 Å². The van der Waals surface area contributed by atoms with E-state index < -0.39 is 23.6 Å². The van der Waals surface area contributed by atoms with Crippen molar-refractivity contribution in [1.29, 1.82) is 0 Å². The lowest BCUT2D eigenvalue weighted by Gasteiger charge is -2.08. The Morgan fingerprint density at radius 2 is 1.90 bits per heavy atom. The third-order valence-corrected chi connectivity index (χ3v) is 6.14. The third kappa shape index (κ3) is 3.96. The number of hydrogen-bond donors (Lipinski definition) is 1. The molecule has 9 heteroatoms. The summed E-state index contributed by atoms with van der Waals surface area (Å²) in [5.41, 5.74) is 7.76. The molecule has 2 heterocycles. The molecule has 0 unspecified atom stereocenters. The fourth-order valence-corrected chi connectivity index (χ4v) is 4.59.